The summed E-state index contributed by atoms with van der Waals surface area (Å²) >= 11 is 0. The third-order valence-electron chi connectivity index (χ3n) is 1.44. The fourth-order valence-corrected chi connectivity index (χ4v) is 1.01. The fraction of sp³-hybridized carbons (Fsp3) is 0. The van der Waals surface area contributed by atoms with Gasteiger partial charge in [0, 0.05) is 0 Å². The quantitative estimate of drug-likeness (QED) is 0.440. The van der Waals surface area contributed by atoms with Crippen molar-refractivity contribution in [3.8, 4) is 0 Å². The highest BCUT2D eigenvalue weighted by molar-refractivity contribution is 5.59. The second kappa shape index (κ2) is 1.22. The van der Waals surface area contributed by atoms with Gasteiger partial charge in [-0.2, -0.15) is 0 Å². The van der Waals surface area contributed by atoms with E-state index in [1.807, 2.05) is 0 Å². The third-order valence-corrected chi connectivity index (χ3v) is 1.44. The summed E-state index contributed by atoms with van der Waals surface area (Å²) in [5.41, 5.74) is 2.70. The van der Waals surface area contributed by atoms with Gasteiger partial charge in [-0.05, 0) is 11.1 Å². The molecule has 2 rings (SSSR count). The van der Waals surface area contributed by atoms with Crippen LogP contribution in [0.5, 0.6) is 0 Å². The number of rotatable bonds is 0. The molecule has 0 aliphatic heterocycles. The molecule has 38 valence electrons. The van der Waals surface area contributed by atoms with Gasteiger partial charge in [0.2, 0.25) is 0 Å². The largest absolute Gasteiger partial charge is 1.00 e. The summed E-state index contributed by atoms with van der Waals surface area (Å²) in [6.45, 7) is 0. The Labute approximate surface area is 50.0 Å². The van der Waals surface area contributed by atoms with Crippen molar-refractivity contribution in [3.05, 3.63) is 47.6 Å². The molecule has 0 unspecified atom stereocenters. The van der Waals surface area contributed by atoms with E-state index >= 15 is 0 Å². The SMILES string of the molecule is C1=CC2=CC=CC2=C1.[H+]. The first-order valence-corrected chi connectivity index (χ1v) is 2.74. The molecular formula is C8H7+. The molecule has 0 aromatic rings. The summed E-state index contributed by atoms with van der Waals surface area (Å²) in [7, 11) is 0. The van der Waals surface area contributed by atoms with Crippen LogP contribution in [0.1, 0.15) is 1.43 Å². The maximum atomic E-state index is 2.12. The van der Waals surface area contributed by atoms with E-state index in [2.05, 4.69) is 36.5 Å². The van der Waals surface area contributed by atoms with E-state index < -0.39 is 0 Å². The molecule has 0 bridgehead atoms. The molecule has 0 N–H and O–H groups in total. The molecule has 0 nitrogen and oxygen atoms in total. The zero-order valence-electron chi connectivity index (χ0n) is 5.46. The van der Waals surface area contributed by atoms with Gasteiger partial charge in [0.15, 0.2) is 0 Å². The molecule has 2 aliphatic rings. The van der Waals surface area contributed by atoms with Crippen LogP contribution >= 0.6 is 0 Å². The third kappa shape index (κ3) is 0.348. The lowest BCUT2D eigenvalue weighted by atomic mass is 10.2. The molecule has 0 spiro atoms. The summed E-state index contributed by atoms with van der Waals surface area (Å²) in [5.74, 6) is 0. The first kappa shape index (κ1) is 3.90. The number of hydrogen-bond acceptors (Lipinski definition) is 0. The predicted octanol–water partition coefficient (Wildman–Crippen LogP) is 2.09. The van der Waals surface area contributed by atoms with Gasteiger partial charge in [-0.1, -0.05) is 36.5 Å². The van der Waals surface area contributed by atoms with Gasteiger partial charge in [0.25, 0.3) is 0 Å². The van der Waals surface area contributed by atoms with Crippen LogP contribution in [-0.4, -0.2) is 0 Å². The first-order chi connectivity index (χ1) is 3.97. The van der Waals surface area contributed by atoms with Crippen LogP contribution in [0.2, 0.25) is 0 Å². The highest BCUT2D eigenvalue weighted by Crippen LogP contribution is 2.23. The van der Waals surface area contributed by atoms with Crippen molar-refractivity contribution >= 4 is 0 Å². The maximum absolute atomic E-state index is 2.12. The van der Waals surface area contributed by atoms with E-state index in [1.54, 1.807) is 0 Å². The van der Waals surface area contributed by atoms with E-state index in [-0.39, 0.29) is 1.43 Å². The van der Waals surface area contributed by atoms with Crippen molar-refractivity contribution in [1.29, 1.82) is 0 Å². The zero-order chi connectivity index (χ0) is 5.40. The average molecular weight is 103 g/mol. The van der Waals surface area contributed by atoms with Crippen LogP contribution in [0.4, 0.5) is 0 Å². The molecule has 0 aromatic carbocycles. The monoisotopic (exact) mass is 103 g/mol. The molecule has 0 saturated carbocycles. The van der Waals surface area contributed by atoms with Crippen LogP contribution in [0.15, 0.2) is 47.6 Å². The molecule has 0 radical (unpaired) electrons. The van der Waals surface area contributed by atoms with Crippen LogP contribution in [0, 0.1) is 0 Å². The Balaban J connectivity index is 0.000000405. The Morgan fingerprint density at radius 3 is 1.88 bits per heavy atom. The maximum Gasteiger partial charge on any atom is 1.00 e. The molecule has 8 heavy (non-hydrogen) atoms. The van der Waals surface area contributed by atoms with Gasteiger partial charge < -0.3 is 0 Å². The molecule has 0 aromatic heterocycles. The molecule has 2 aliphatic carbocycles. The standard InChI is InChI=1S/C8H6/c1-3-7-5-2-6-8(7)4-1/h1-6H/p+1. The van der Waals surface area contributed by atoms with Crippen LogP contribution in [-0.2, 0) is 0 Å². The highest BCUT2D eigenvalue weighted by atomic mass is 14.1. The van der Waals surface area contributed by atoms with Crippen LogP contribution in [0.3, 0.4) is 0 Å². The molecular weight excluding hydrogens is 96.1 g/mol. The average Bonchev–Trinajstić information content (AvgIpc) is 2.15. The minimum Gasteiger partial charge on any atom is -0.0610 e. The smallest absolute Gasteiger partial charge is 0.0610 e. The van der Waals surface area contributed by atoms with Crippen molar-refractivity contribution in [3.63, 3.8) is 0 Å². The van der Waals surface area contributed by atoms with Crippen molar-refractivity contribution in [1.82, 2.24) is 0 Å². The second-order valence-corrected chi connectivity index (χ2v) is 1.96. The first-order valence-electron chi connectivity index (χ1n) is 2.74. The summed E-state index contributed by atoms with van der Waals surface area (Å²) in [5, 5.41) is 0. The van der Waals surface area contributed by atoms with E-state index in [0.29, 0.717) is 0 Å². The van der Waals surface area contributed by atoms with Gasteiger partial charge in [0.05, 0.1) is 0 Å². The van der Waals surface area contributed by atoms with Crippen molar-refractivity contribution in [2.24, 2.45) is 0 Å². The number of hydrogen-bond donors (Lipinski definition) is 0. The van der Waals surface area contributed by atoms with Gasteiger partial charge in [0.1, 0.15) is 0 Å². The summed E-state index contributed by atoms with van der Waals surface area (Å²) < 4.78 is 0. The van der Waals surface area contributed by atoms with E-state index in [1.165, 1.54) is 11.1 Å². The Kier molecular flexibility index (Phi) is 0.595. The van der Waals surface area contributed by atoms with E-state index in [9.17, 15) is 0 Å². The van der Waals surface area contributed by atoms with Crippen molar-refractivity contribution < 1.29 is 1.43 Å². The predicted molar refractivity (Wildman–Crippen MR) is 35.6 cm³/mol. The molecule has 0 amide bonds. The molecule has 0 atom stereocenters. The van der Waals surface area contributed by atoms with Gasteiger partial charge in [-0.15, -0.1) is 0 Å². The molecule has 0 heterocycles. The van der Waals surface area contributed by atoms with Gasteiger partial charge in [-0.25, -0.2) is 0 Å². The van der Waals surface area contributed by atoms with E-state index in [4.69, 9.17) is 0 Å². The Morgan fingerprint density at radius 2 is 1.38 bits per heavy atom. The van der Waals surface area contributed by atoms with Crippen molar-refractivity contribution in [2.45, 2.75) is 0 Å². The lowest BCUT2D eigenvalue weighted by Crippen LogP contribution is -1.67. The molecule has 0 fully saturated rings. The summed E-state index contributed by atoms with van der Waals surface area (Å²) in [6.07, 6.45) is 12.6. The number of allylic oxidation sites excluding steroid dienone is 8. The molecule has 0 saturated heterocycles. The van der Waals surface area contributed by atoms with E-state index in [0.717, 1.165) is 0 Å². The number of fused-ring (bicyclic) bond motifs is 1. The minimum atomic E-state index is 0. The summed E-state index contributed by atoms with van der Waals surface area (Å²) in [6, 6.07) is 0. The Bertz CT molecular complexity index is 203. The van der Waals surface area contributed by atoms with Crippen LogP contribution in [0.25, 0.3) is 0 Å². The zero-order valence-corrected chi connectivity index (χ0v) is 4.46. The minimum absolute atomic E-state index is 0. The van der Waals surface area contributed by atoms with Crippen LogP contribution < -0.4 is 0 Å². The lowest BCUT2D eigenvalue weighted by molar-refractivity contribution is 1.69. The Morgan fingerprint density at radius 1 is 0.875 bits per heavy atom. The van der Waals surface area contributed by atoms with Crippen molar-refractivity contribution in [2.75, 3.05) is 0 Å². The highest BCUT2D eigenvalue weighted by Gasteiger charge is 2.04. The van der Waals surface area contributed by atoms with Gasteiger partial charge >= 0.3 is 1.43 Å². The lowest BCUT2D eigenvalue weighted by Gasteiger charge is -1.85. The summed E-state index contributed by atoms with van der Waals surface area (Å²) in [4.78, 5) is 0. The van der Waals surface area contributed by atoms with Gasteiger partial charge in [-0.3, -0.25) is 0 Å². The normalized spacial score (nSPS) is 21.0. The second-order valence-electron chi connectivity index (χ2n) is 1.96. The molecule has 0 heteroatoms. The Hall–Kier alpha value is -1.04. The topological polar surface area (TPSA) is 0 Å². The fourth-order valence-electron chi connectivity index (χ4n) is 1.01.